The predicted molar refractivity (Wildman–Crippen MR) is 73.4 cm³/mol. The van der Waals surface area contributed by atoms with E-state index in [0.717, 1.165) is 5.56 Å². The minimum Gasteiger partial charge on any atom is -0.309 e. The number of amides is 1. The summed E-state index contributed by atoms with van der Waals surface area (Å²) in [6, 6.07) is 3.12. The molecule has 3 rings (SSSR count). The van der Waals surface area contributed by atoms with Crippen LogP contribution in [0.25, 0.3) is 0 Å². The molecule has 0 bridgehead atoms. The SMILES string of the molecule is [2H]C([2H])([2H])[C@@]12C[C@@H](C(=O)Nc3nc(Br)ccc3C)N[C@@H]1C2. The number of carbonyl (C=O) groups excluding carboxylic acids is 1. The van der Waals surface area contributed by atoms with Crippen molar-refractivity contribution in [2.45, 2.75) is 38.7 Å². The fraction of sp³-hybridized carbons (Fsp3) is 0.538. The van der Waals surface area contributed by atoms with Crippen molar-refractivity contribution in [3.05, 3.63) is 22.3 Å². The van der Waals surface area contributed by atoms with Crippen LogP contribution in [0, 0.1) is 12.3 Å². The van der Waals surface area contributed by atoms with E-state index in [9.17, 15) is 4.79 Å². The molecule has 0 radical (unpaired) electrons. The fourth-order valence-electron chi connectivity index (χ4n) is 2.42. The first-order valence-corrected chi connectivity index (χ1v) is 6.72. The van der Waals surface area contributed by atoms with E-state index in [1.165, 1.54) is 0 Å². The van der Waals surface area contributed by atoms with Crippen LogP contribution in [0.15, 0.2) is 16.7 Å². The smallest absolute Gasteiger partial charge is 0.242 e. The highest BCUT2D eigenvalue weighted by Crippen LogP contribution is 2.53. The number of hydrogen-bond acceptors (Lipinski definition) is 3. The van der Waals surface area contributed by atoms with Crippen LogP contribution in [0.5, 0.6) is 0 Å². The number of rotatable bonds is 2. The number of halogens is 1. The highest BCUT2D eigenvalue weighted by molar-refractivity contribution is 9.10. The molecule has 5 heteroatoms. The molecule has 1 saturated carbocycles. The number of piperidine rings is 1. The number of fused-ring (bicyclic) bond motifs is 1. The van der Waals surface area contributed by atoms with Gasteiger partial charge in [-0.1, -0.05) is 12.9 Å². The Labute approximate surface area is 119 Å². The van der Waals surface area contributed by atoms with E-state index < -0.39 is 18.3 Å². The van der Waals surface area contributed by atoms with Gasteiger partial charge in [0.2, 0.25) is 5.91 Å². The van der Waals surface area contributed by atoms with Gasteiger partial charge >= 0.3 is 0 Å². The van der Waals surface area contributed by atoms with Gasteiger partial charge in [0.25, 0.3) is 0 Å². The highest BCUT2D eigenvalue weighted by Gasteiger charge is 2.58. The molecule has 0 spiro atoms. The Kier molecular flexibility index (Phi) is 2.02. The van der Waals surface area contributed by atoms with Crippen LogP contribution in [-0.2, 0) is 4.79 Å². The Morgan fingerprint density at radius 3 is 3.22 bits per heavy atom. The Morgan fingerprint density at radius 2 is 2.50 bits per heavy atom. The molecule has 1 saturated heterocycles. The van der Waals surface area contributed by atoms with Gasteiger partial charge in [0.05, 0.1) is 6.04 Å². The Balaban J connectivity index is 1.70. The molecule has 1 aliphatic carbocycles. The second-order valence-electron chi connectivity index (χ2n) is 5.12. The topological polar surface area (TPSA) is 54.0 Å². The number of hydrogen-bond donors (Lipinski definition) is 2. The average Bonchev–Trinajstić information content (AvgIpc) is 2.96. The first-order valence-electron chi connectivity index (χ1n) is 7.43. The largest absolute Gasteiger partial charge is 0.309 e. The first-order chi connectivity index (χ1) is 9.73. The summed E-state index contributed by atoms with van der Waals surface area (Å²) in [5.41, 5.74) is 0.148. The van der Waals surface area contributed by atoms with Crippen LogP contribution in [0.2, 0.25) is 0 Å². The summed E-state index contributed by atoms with van der Waals surface area (Å²) in [6.45, 7) is -0.151. The molecule has 3 atom stereocenters. The molecule has 18 heavy (non-hydrogen) atoms. The zero-order chi connectivity index (χ0) is 15.4. The van der Waals surface area contributed by atoms with E-state index >= 15 is 0 Å². The Hall–Kier alpha value is -0.940. The summed E-state index contributed by atoms with van der Waals surface area (Å²) in [5.74, 6) is 0.277. The fourth-order valence-corrected chi connectivity index (χ4v) is 2.73. The number of pyridine rings is 1. The summed E-state index contributed by atoms with van der Waals surface area (Å²) in [5, 5.41) is 5.89. The lowest BCUT2D eigenvalue weighted by Gasteiger charge is -2.15. The van der Waals surface area contributed by atoms with Crippen molar-refractivity contribution in [1.82, 2.24) is 10.3 Å². The quantitative estimate of drug-likeness (QED) is 0.823. The molecular weight excluding hydrogens is 294 g/mol. The van der Waals surface area contributed by atoms with Crippen molar-refractivity contribution >= 4 is 27.7 Å². The molecule has 1 aliphatic heterocycles. The number of aryl methyl sites for hydroxylation is 1. The van der Waals surface area contributed by atoms with E-state index in [1.54, 1.807) is 6.07 Å². The molecule has 1 aromatic rings. The van der Waals surface area contributed by atoms with Gasteiger partial charge in [0.1, 0.15) is 10.4 Å². The standard InChI is InChI=1S/C13H16BrN3O/c1-7-3-4-10(14)16-11(7)17-12(18)8-5-13(2)6-9(13)15-8/h3-4,8-9,15H,5-6H2,1-2H3,(H,16,17,18)/t8-,9+,13-/m0/s1/i2D3. The van der Waals surface area contributed by atoms with E-state index in [-0.39, 0.29) is 11.9 Å². The van der Waals surface area contributed by atoms with E-state index in [2.05, 4.69) is 31.5 Å². The number of aromatic nitrogens is 1. The van der Waals surface area contributed by atoms with Crippen LogP contribution in [0.4, 0.5) is 5.82 Å². The van der Waals surface area contributed by atoms with Crippen LogP contribution >= 0.6 is 15.9 Å². The molecule has 2 aliphatic rings. The van der Waals surface area contributed by atoms with Gasteiger partial charge < -0.3 is 10.6 Å². The summed E-state index contributed by atoms with van der Waals surface area (Å²) < 4.78 is 23.5. The molecule has 0 aromatic carbocycles. The Bertz CT molecular complexity index is 607. The van der Waals surface area contributed by atoms with Gasteiger partial charge in [-0.15, -0.1) is 0 Å². The van der Waals surface area contributed by atoms with Crippen LogP contribution in [0.1, 0.15) is 29.4 Å². The molecule has 2 fully saturated rings. The van der Waals surface area contributed by atoms with Crippen molar-refractivity contribution in [3.8, 4) is 0 Å². The van der Waals surface area contributed by atoms with Crippen molar-refractivity contribution in [2.24, 2.45) is 5.41 Å². The maximum atomic E-state index is 12.3. The van der Waals surface area contributed by atoms with Gasteiger partial charge in [-0.05, 0) is 52.7 Å². The van der Waals surface area contributed by atoms with E-state index in [0.29, 0.717) is 23.3 Å². The minimum absolute atomic E-state index is 0.0719. The molecule has 2 N–H and O–H groups in total. The lowest BCUT2D eigenvalue weighted by Crippen LogP contribution is -2.38. The molecule has 0 unspecified atom stereocenters. The summed E-state index contributed by atoms with van der Waals surface area (Å²) in [4.78, 5) is 16.5. The van der Waals surface area contributed by atoms with Gasteiger partial charge in [0, 0.05) is 10.2 Å². The summed E-state index contributed by atoms with van der Waals surface area (Å²) in [7, 11) is 0. The maximum absolute atomic E-state index is 12.3. The third kappa shape index (κ3) is 2.06. The van der Waals surface area contributed by atoms with Crippen LogP contribution < -0.4 is 10.6 Å². The second kappa shape index (κ2) is 4.03. The molecular formula is C13H16BrN3O. The third-order valence-electron chi connectivity index (χ3n) is 3.67. The van der Waals surface area contributed by atoms with Gasteiger partial charge in [-0.25, -0.2) is 4.98 Å². The predicted octanol–water partition coefficient (Wildman–Crippen LogP) is 2.23. The minimum atomic E-state index is -2.01. The monoisotopic (exact) mass is 312 g/mol. The molecule has 1 aromatic heterocycles. The van der Waals surface area contributed by atoms with Crippen LogP contribution in [-0.4, -0.2) is 23.0 Å². The molecule has 2 heterocycles. The maximum Gasteiger partial charge on any atom is 0.242 e. The number of anilines is 1. The van der Waals surface area contributed by atoms with E-state index in [1.807, 2.05) is 13.0 Å². The average molecular weight is 313 g/mol. The lowest BCUT2D eigenvalue weighted by atomic mass is 10.0. The number of nitrogens with zero attached hydrogens (tertiary/aromatic N) is 1. The zero-order valence-corrected chi connectivity index (χ0v) is 11.5. The summed E-state index contributed by atoms with van der Waals surface area (Å²) in [6.07, 6.45) is 0.981. The molecule has 96 valence electrons. The lowest BCUT2D eigenvalue weighted by molar-refractivity contribution is -0.118. The van der Waals surface area contributed by atoms with Gasteiger partial charge in [-0.2, -0.15) is 0 Å². The van der Waals surface area contributed by atoms with Crippen molar-refractivity contribution in [1.29, 1.82) is 0 Å². The number of carbonyl (C=O) groups is 1. The zero-order valence-electron chi connectivity index (χ0n) is 13.0. The highest BCUT2D eigenvalue weighted by atomic mass is 79.9. The molecule has 4 nitrogen and oxygen atoms in total. The Morgan fingerprint density at radius 1 is 1.67 bits per heavy atom. The molecule has 1 amide bonds. The number of nitrogens with one attached hydrogen (secondary N) is 2. The van der Waals surface area contributed by atoms with Gasteiger partial charge in [-0.3, -0.25) is 4.79 Å². The summed E-state index contributed by atoms with van der Waals surface area (Å²) >= 11 is 3.27. The van der Waals surface area contributed by atoms with Crippen LogP contribution in [0.3, 0.4) is 0 Å². The van der Waals surface area contributed by atoms with Crippen molar-refractivity contribution in [3.63, 3.8) is 0 Å². The first kappa shape index (κ1) is 9.04. The second-order valence-corrected chi connectivity index (χ2v) is 5.94. The van der Waals surface area contributed by atoms with Crippen molar-refractivity contribution in [2.75, 3.05) is 5.32 Å². The third-order valence-corrected chi connectivity index (χ3v) is 4.11. The van der Waals surface area contributed by atoms with Gasteiger partial charge in [0.15, 0.2) is 0 Å². The van der Waals surface area contributed by atoms with Crippen molar-refractivity contribution < 1.29 is 8.91 Å². The van der Waals surface area contributed by atoms with E-state index in [4.69, 9.17) is 4.11 Å². The normalized spacial score (nSPS) is 36.2.